The van der Waals surface area contributed by atoms with Gasteiger partial charge in [-0.1, -0.05) is 28.9 Å². The molecule has 0 saturated carbocycles. The van der Waals surface area contributed by atoms with Crippen molar-refractivity contribution in [3.63, 3.8) is 0 Å². The second kappa shape index (κ2) is 6.26. The average Bonchev–Trinajstić information content (AvgIpc) is 3.17. The van der Waals surface area contributed by atoms with Crippen LogP contribution >= 0.6 is 11.6 Å². The second-order valence-electron chi connectivity index (χ2n) is 5.08. The monoisotopic (exact) mass is 305 g/mol. The van der Waals surface area contributed by atoms with Crippen molar-refractivity contribution in [3.05, 3.63) is 35.2 Å². The van der Waals surface area contributed by atoms with Crippen molar-refractivity contribution in [2.75, 3.05) is 13.1 Å². The number of hydrogen-bond donors (Lipinski definition) is 0. The first-order valence-electron chi connectivity index (χ1n) is 7.09. The molecule has 2 heterocycles. The van der Waals surface area contributed by atoms with Crippen LogP contribution < -0.4 is 0 Å². The topological polar surface area (TPSA) is 59.2 Å². The number of amides is 1. The molecular weight excluding hydrogens is 290 g/mol. The van der Waals surface area contributed by atoms with Gasteiger partial charge in [-0.05, 0) is 25.0 Å². The SMILES string of the molecule is O=C(CCc1nc(-c2ccccc2Cl)no1)N1CCCC1. The Morgan fingerprint density at radius 1 is 1.29 bits per heavy atom. The van der Waals surface area contributed by atoms with E-state index in [0.717, 1.165) is 31.5 Å². The number of rotatable bonds is 4. The Labute approximate surface area is 127 Å². The minimum atomic E-state index is 0.157. The highest BCUT2D eigenvalue weighted by Gasteiger charge is 2.19. The zero-order valence-corrected chi connectivity index (χ0v) is 12.3. The van der Waals surface area contributed by atoms with Gasteiger partial charge in [-0.25, -0.2) is 0 Å². The summed E-state index contributed by atoms with van der Waals surface area (Å²) >= 11 is 6.10. The molecule has 0 radical (unpaired) electrons. The van der Waals surface area contributed by atoms with E-state index < -0.39 is 0 Å². The molecule has 0 N–H and O–H groups in total. The maximum Gasteiger partial charge on any atom is 0.227 e. The number of aromatic nitrogens is 2. The average molecular weight is 306 g/mol. The molecule has 0 atom stereocenters. The Hall–Kier alpha value is -1.88. The molecule has 6 heteroatoms. The molecular formula is C15H16ClN3O2. The summed E-state index contributed by atoms with van der Waals surface area (Å²) in [6.45, 7) is 1.74. The van der Waals surface area contributed by atoms with E-state index in [0.29, 0.717) is 29.6 Å². The largest absolute Gasteiger partial charge is 0.343 e. The van der Waals surface area contributed by atoms with Crippen LogP contribution in [0.1, 0.15) is 25.2 Å². The summed E-state index contributed by atoms with van der Waals surface area (Å²) < 4.78 is 5.20. The number of aryl methyl sites for hydroxylation is 1. The minimum absolute atomic E-state index is 0.157. The number of carbonyl (C=O) groups excluding carboxylic acids is 1. The van der Waals surface area contributed by atoms with Crippen LogP contribution in [0.15, 0.2) is 28.8 Å². The molecule has 1 saturated heterocycles. The van der Waals surface area contributed by atoms with Crippen molar-refractivity contribution in [3.8, 4) is 11.4 Å². The van der Waals surface area contributed by atoms with E-state index in [-0.39, 0.29) is 5.91 Å². The number of hydrogen-bond acceptors (Lipinski definition) is 4. The van der Waals surface area contributed by atoms with E-state index in [1.165, 1.54) is 0 Å². The molecule has 1 aromatic heterocycles. The molecule has 1 aromatic carbocycles. The molecule has 0 unspecified atom stereocenters. The lowest BCUT2D eigenvalue weighted by Gasteiger charge is -2.13. The summed E-state index contributed by atoms with van der Waals surface area (Å²) in [6.07, 6.45) is 3.07. The molecule has 0 bridgehead atoms. The Bertz CT molecular complexity index is 635. The fourth-order valence-corrected chi connectivity index (χ4v) is 2.67. The highest BCUT2D eigenvalue weighted by atomic mass is 35.5. The van der Waals surface area contributed by atoms with Crippen molar-refractivity contribution in [1.29, 1.82) is 0 Å². The maximum absolute atomic E-state index is 12.0. The third kappa shape index (κ3) is 3.24. The molecule has 1 fully saturated rings. The lowest BCUT2D eigenvalue weighted by atomic mass is 10.2. The number of benzene rings is 1. The quantitative estimate of drug-likeness (QED) is 0.871. The third-order valence-corrected chi connectivity index (χ3v) is 3.92. The van der Waals surface area contributed by atoms with Crippen LogP contribution in [0.5, 0.6) is 0 Å². The van der Waals surface area contributed by atoms with E-state index in [9.17, 15) is 4.79 Å². The zero-order valence-electron chi connectivity index (χ0n) is 11.6. The molecule has 21 heavy (non-hydrogen) atoms. The van der Waals surface area contributed by atoms with Crippen LogP contribution in [0.4, 0.5) is 0 Å². The number of nitrogens with zero attached hydrogens (tertiary/aromatic N) is 3. The highest BCUT2D eigenvalue weighted by molar-refractivity contribution is 6.33. The summed E-state index contributed by atoms with van der Waals surface area (Å²) in [6, 6.07) is 7.34. The first-order chi connectivity index (χ1) is 10.2. The third-order valence-electron chi connectivity index (χ3n) is 3.59. The van der Waals surface area contributed by atoms with Gasteiger partial charge >= 0.3 is 0 Å². The second-order valence-corrected chi connectivity index (χ2v) is 5.49. The minimum Gasteiger partial charge on any atom is -0.343 e. The first kappa shape index (κ1) is 14.1. The number of carbonyl (C=O) groups is 1. The van der Waals surface area contributed by atoms with Gasteiger partial charge < -0.3 is 9.42 Å². The molecule has 5 nitrogen and oxygen atoms in total. The molecule has 3 rings (SSSR count). The van der Waals surface area contributed by atoms with Gasteiger partial charge in [0.25, 0.3) is 0 Å². The van der Waals surface area contributed by atoms with Gasteiger partial charge in [0.2, 0.25) is 17.6 Å². The van der Waals surface area contributed by atoms with Crippen LogP contribution in [0.25, 0.3) is 11.4 Å². The van der Waals surface area contributed by atoms with E-state index in [1.54, 1.807) is 6.07 Å². The van der Waals surface area contributed by atoms with E-state index in [2.05, 4.69) is 10.1 Å². The van der Waals surface area contributed by atoms with Crippen molar-refractivity contribution in [2.24, 2.45) is 0 Å². The summed E-state index contributed by atoms with van der Waals surface area (Å²) in [5.74, 6) is 1.09. The number of likely N-dealkylation sites (tertiary alicyclic amines) is 1. The molecule has 1 aliphatic heterocycles. The fraction of sp³-hybridized carbons (Fsp3) is 0.400. The molecule has 1 amide bonds. The molecule has 0 aliphatic carbocycles. The van der Waals surface area contributed by atoms with Crippen molar-refractivity contribution < 1.29 is 9.32 Å². The molecule has 0 spiro atoms. The van der Waals surface area contributed by atoms with Gasteiger partial charge in [0.05, 0.1) is 5.02 Å². The summed E-state index contributed by atoms with van der Waals surface area (Å²) in [5.41, 5.74) is 0.736. The van der Waals surface area contributed by atoms with E-state index in [1.807, 2.05) is 23.1 Å². The van der Waals surface area contributed by atoms with Gasteiger partial charge in [-0.3, -0.25) is 4.79 Å². The van der Waals surface area contributed by atoms with E-state index in [4.69, 9.17) is 16.1 Å². The van der Waals surface area contributed by atoms with Crippen LogP contribution in [0, 0.1) is 0 Å². The summed E-state index contributed by atoms with van der Waals surface area (Å²) in [4.78, 5) is 18.2. The van der Waals surface area contributed by atoms with Crippen LogP contribution in [-0.4, -0.2) is 34.0 Å². The Morgan fingerprint density at radius 3 is 2.81 bits per heavy atom. The van der Waals surface area contributed by atoms with E-state index >= 15 is 0 Å². The normalized spacial score (nSPS) is 14.6. The molecule has 110 valence electrons. The molecule has 1 aliphatic rings. The maximum atomic E-state index is 12.0. The lowest BCUT2D eigenvalue weighted by Crippen LogP contribution is -2.27. The summed E-state index contributed by atoms with van der Waals surface area (Å²) in [5, 5.41) is 4.51. The fourth-order valence-electron chi connectivity index (χ4n) is 2.45. The van der Waals surface area contributed by atoms with Gasteiger partial charge in [-0.2, -0.15) is 4.98 Å². The van der Waals surface area contributed by atoms with Crippen LogP contribution in [0.2, 0.25) is 5.02 Å². The van der Waals surface area contributed by atoms with Crippen molar-refractivity contribution in [2.45, 2.75) is 25.7 Å². The van der Waals surface area contributed by atoms with Crippen LogP contribution in [-0.2, 0) is 11.2 Å². The Kier molecular flexibility index (Phi) is 4.20. The highest BCUT2D eigenvalue weighted by Crippen LogP contribution is 2.25. The van der Waals surface area contributed by atoms with Gasteiger partial charge in [-0.15, -0.1) is 0 Å². The number of halogens is 1. The predicted octanol–water partition coefficient (Wildman–Crippen LogP) is 2.95. The first-order valence-corrected chi connectivity index (χ1v) is 7.47. The van der Waals surface area contributed by atoms with Gasteiger partial charge in [0.15, 0.2) is 0 Å². The van der Waals surface area contributed by atoms with Gasteiger partial charge in [0, 0.05) is 31.5 Å². The Balaban J connectivity index is 1.63. The molecule has 2 aromatic rings. The zero-order chi connectivity index (χ0) is 14.7. The Morgan fingerprint density at radius 2 is 2.05 bits per heavy atom. The van der Waals surface area contributed by atoms with Gasteiger partial charge in [0.1, 0.15) is 0 Å². The lowest BCUT2D eigenvalue weighted by molar-refractivity contribution is -0.130. The van der Waals surface area contributed by atoms with Crippen LogP contribution in [0.3, 0.4) is 0 Å². The standard InChI is InChI=1S/C15H16ClN3O2/c16-12-6-2-1-5-11(12)15-17-13(21-18-15)7-8-14(20)19-9-3-4-10-19/h1-2,5-6H,3-4,7-10H2. The van der Waals surface area contributed by atoms with Crippen molar-refractivity contribution in [1.82, 2.24) is 15.0 Å². The predicted molar refractivity (Wildman–Crippen MR) is 78.9 cm³/mol. The van der Waals surface area contributed by atoms with Crippen molar-refractivity contribution >= 4 is 17.5 Å². The smallest absolute Gasteiger partial charge is 0.227 e. The summed E-state index contributed by atoms with van der Waals surface area (Å²) in [7, 11) is 0.